The van der Waals surface area contributed by atoms with Crippen LogP contribution in [0.1, 0.15) is 77.3 Å². The summed E-state index contributed by atoms with van der Waals surface area (Å²) in [6.45, 7) is 9.07. The molecule has 4 aromatic rings. The molecule has 0 atom stereocenters. The van der Waals surface area contributed by atoms with Gasteiger partial charge in [0.15, 0.2) is 5.82 Å². The average molecular weight is 766 g/mol. The van der Waals surface area contributed by atoms with E-state index in [2.05, 4.69) is 36.2 Å². The van der Waals surface area contributed by atoms with Crippen LogP contribution in [0.15, 0.2) is 42.6 Å². The lowest BCUT2D eigenvalue weighted by Gasteiger charge is -2.30. The summed E-state index contributed by atoms with van der Waals surface area (Å²) in [6.07, 6.45) is 1.71. The van der Waals surface area contributed by atoms with E-state index in [0.29, 0.717) is 30.9 Å². The van der Waals surface area contributed by atoms with Gasteiger partial charge >= 0.3 is 18.3 Å². The topological polar surface area (TPSA) is 148 Å². The van der Waals surface area contributed by atoms with Crippen molar-refractivity contribution in [2.75, 3.05) is 36.1 Å². The molecule has 3 amide bonds. The molecule has 16 heteroatoms. The summed E-state index contributed by atoms with van der Waals surface area (Å²) in [4.78, 5) is 36.7. The van der Waals surface area contributed by atoms with Gasteiger partial charge in [-0.25, -0.2) is 19.6 Å². The third kappa shape index (κ3) is 10.3. The van der Waals surface area contributed by atoms with Crippen LogP contribution in [0, 0.1) is 0 Å². The number of urea groups is 1. The standard InChI is InChI=1S/C39H50F3N9O4/c1-7-23-18-24(19-25-22-43-35(48-34(23)25)44-26-8-10-27(11-9-26)46-37(53)55-38(2,3)4)31-21-33(49-51(31)6)47-36(52)45-28-12-13-32(30(20-28)39(40,41)42)54-29-14-16-50(5)17-15-29/h12-13,18-22,26-27,29H,7-11,14-17H2,1-6H3,(H,46,53)(H,43,44,48)(H2,45,47,49,52). The summed E-state index contributed by atoms with van der Waals surface area (Å²) in [5.74, 6) is 0.507. The van der Waals surface area contributed by atoms with Gasteiger partial charge in [-0.15, -0.1) is 0 Å². The van der Waals surface area contributed by atoms with E-state index in [0.717, 1.165) is 66.9 Å². The number of rotatable bonds is 9. The zero-order valence-corrected chi connectivity index (χ0v) is 32.1. The number of carbonyl (C=O) groups is 2. The molecule has 1 aliphatic carbocycles. The highest BCUT2D eigenvalue weighted by molar-refractivity contribution is 5.99. The molecule has 2 aromatic carbocycles. The maximum Gasteiger partial charge on any atom is 0.420 e. The summed E-state index contributed by atoms with van der Waals surface area (Å²) >= 11 is 0. The van der Waals surface area contributed by atoms with Gasteiger partial charge in [0.25, 0.3) is 0 Å². The fraction of sp³-hybridized carbons (Fsp3) is 0.513. The molecule has 1 aliphatic heterocycles. The second kappa shape index (κ2) is 16.3. The van der Waals surface area contributed by atoms with Crippen LogP contribution in [0.3, 0.4) is 0 Å². The smallest absolute Gasteiger partial charge is 0.420 e. The summed E-state index contributed by atoms with van der Waals surface area (Å²) < 4.78 is 54.9. The molecule has 2 fully saturated rings. The molecule has 0 radical (unpaired) electrons. The van der Waals surface area contributed by atoms with Crippen molar-refractivity contribution in [2.45, 2.75) is 103 Å². The van der Waals surface area contributed by atoms with Gasteiger partial charge in [-0.1, -0.05) is 6.92 Å². The number of nitrogens with one attached hydrogen (secondary N) is 4. The highest BCUT2D eigenvalue weighted by atomic mass is 19.4. The Labute approximate surface area is 318 Å². The third-order valence-corrected chi connectivity index (χ3v) is 9.84. The molecular formula is C39H50F3N9O4. The van der Waals surface area contributed by atoms with Gasteiger partial charge in [-0.05, 0) is 109 Å². The number of piperidine rings is 1. The number of aromatic nitrogens is 4. The Bertz CT molecular complexity index is 2000. The van der Waals surface area contributed by atoms with E-state index < -0.39 is 29.5 Å². The number of fused-ring (bicyclic) bond motifs is 1. The number of alkyl carbamates (subject to hydrolysis) is 1. The van der Waals surface area contributed by atoms with Crippen molar-refractivity contribution in [2.24, 2.45) is 7.05 Å². The summed E-state index contributed by atoms with van der Waals surface area (Å²) in [5.41, 5.74) is 1.85. The number of carbonyl (C=O) groups excluding carboxylic acids is 2. The summed E-state index contributed by atoms with van der Waals surface area (Å²) in [5, 5.41) is 16.8. The Morgan fingerprint density at radius 3 is 2.31 bits per heavy atom. The molecule has 1 saturated carbocycles. The highest BCUT2D eigenvalue weighted by Gasteiger charge is 2.36. The van der Waals surface area contributed by atoms with Gasteiger partial charge in [-0.3, -0.25) is 10.00 Å². The van der Waals surface area contributed by atoms with Gasteiger partial charge in [-0.2, -0.15) is 18.3 Å². The van der Waals surface area contributed by atoms with Crippen molar-refractivity contribution in [1.82, 2.24) is 30.0 Å². The Hall–Kier alpha value is -5.12. The lowest BCUT2D eigenvalue weighted by atomic mass is 9.91. The monoisotopic (exact) mass is 765 g/mol. The number of amides is 3. The van der Waals surface area contributed by atoms with Crippen molar-refractivity contribution < 1.29 is 32.2 Å². The normalized spacial score (nSPS) is 18.5. The number of benzene rings is 2. The van der Waals surface area contributed by atoms with E-state index in [1.807, 2.05) is 46.9 Å². The lowest BCUT2D eigenvalue weighted by molar-refractivity contribution is -0.139. The number of anilines is 3. The average Bonchev–Trinajstić information content (AvgIpc) is 3.48. The maximum atomic E-state index is 14.0. The number of hydrogen-bond acceptors (Lipinski definition) is 9. The van der Waals surface area contributed by atoms with Crippen LogP contribution in [0.5, 0.6) is 5.75 Å². The van der Waals surface area contributed by atoms with Crippen molar-refractivity contribution in [3.05, 3.63) is 53.7 Å². The molecule has 3 heterocycles. The van der Waals surface area contributed by atoms with Crippen LogP contribution in [0.4, 0.5) is 40.2 Å². The van der Waals surface area contributed by atoms with E-state index in [1.165, 1.54) is 12.1 Å². The lowest BCUT2D eigenvalue weighted by Crippen LogP contribution is -2.42. The van der Waals surface area contributed by atoms with E-state index in [4.69, 9.17) is 14.5 Å². The SMILES string of the molecule is CCc1cc(-c2cc(NC(=O)Nc3ccc(OC4CCN(C)CC4)c(C(F)(F)F)c3)nn2C)cc2cnc(NC3CCC(NC(=O)OC(C)(C)C)CC3)nc12. The summed E-state index contributed by atoms with van der Waals surface area (Å²) in [7, 11) is 3.71. The van der Waals surface area contributed by atoms with Gasteiger partial charge in [0.2, 0.25) is 5.95 Å². The zero-order chi connectivity index (χ0) is 39.5. The van der Waals surface area contributed by atoms with Gasteiger partial charge in [0.05, 0.1) is 16.8 Å². The molecule has 0 unspecified atom stereocenters. The zero-order valence-electron chi connectivity index (χ0n) is 32.1. The molecule has 6 rings (SSSR count). The number of hydrogen-bond donors (Lipinski definition) is 4. The van der Waals surface area contributed by atoms with Crippen LogP contribution >= 0.6 is 0 Å². The predicted octanol–water partition coefficient (Wildman–Crippen LogP) is 7.98. The number of likely N-dealkylation sites (tertiary alicyclic amines) is 1. The number of halogens is 3. The van der Waals surface area contributed by atoms with E-state index in [9.17, 15) is 22.8 Å². The van der Waals surface area contributed by atoms with Crippen molar-refractivity contribution in [1.29, 1.82) is 0 Å². The van der Waals surface area contributed by atoms with Gasteiger partial charge in [0, 0.05) is 61.1 Å². The predicted molar refractivity (Wildman–Crippen MR) is 205 cm³/mol. The fourth-order valence-electron chi connectivity index (χ4n) is 7.04. The molecule has 0 spiro atoms. The van der Waals surface area contributed by atoms with Crippen molar-refractivity contribution in [3.8, 4) is 17.0 Å². The first-order valence-corrected chi connectivity index (χ1v) is 18.8. The molecule has 0 bridgehead atoms. The Balaban J connectivity index is 1.09. The van der Waals surface area contributed by atoms with Crippen molar-refractivity contribution >= 4 is 40.5 Å². The van der Waals surface area contributed by atoms with Crippen LogP contribution in [-0.2, 0) is 24.4 Å². The number of alkyl halides is 3. The van der Waals surface area contributed by atoms with Crippen LogP contribution in [-0.4, -0.2) is 80.7 Å². The molecule has 2 aliphatic rings. The van der Waals surface area contributed by atoms with Crippen molar-refractivity contribution in [3.63, 3.8) is 0 Å². The Kier molecular flexibility index (Phi) is 11.7. The minimum atomic E-state index is -4.67. The molecular weight excluding hydrogens is 715 g/mol. The quantitative estimate of drug-likeness (QED) is 0.133. The first kappa shape index (κ1) is 39.6. The van der Waals surface area contributed by atoms with Crippen LogP contribution in [0.25, 0.3) is 22.2 Å². The number of ether oxygens (including phenoxy) is 2. The third-order valence-electron chi connectivity index (χ3n) is 9.84. The molecule has 4 N–H and O–H groups in total. The number of nitrogens with zero attached hydrogens (tertiary/aromatic N) is 5. The number of aryl methyl sites for hydroxylation is 2. The second-order valence-electron chi connectivity index (χ2n) is 15.4. The molecule has 2 aromatic heterocycles. The molecule has 13 nitrogen and oxygen atoms in total. The maximum absolute atomic E-state index is 14.0. The first-order chi connectivity index (χ1) is 26.0. The second-order valence-corrected chi connectivity index (χ2v) is 15.4. The Morgan fingerprint density at radius 2 is 1.64 bits per heavy atom. The largest absolute Gasteiger partial charge is 0.490 e. The highest BCUT2D eigenvalue weighted by Crippen LogP contribution is 2.39. The van der Waals surface area contributed by atoms with Gasteiger partial charge in [0.1, 0.15) is 17.5 Å². The van der Waals surface area contributed by atoms with Crippen LogP contribution in [0.2, 0.25) is 0 Å². The first-order valence-electron chi connectivity index (χ1n) is 18.8. The minimum absolute atomic E-state index is 0.0319. The molecule has 296 valence electrons. The van der Waals surface area contributed by atoms with E-state index >= 15 is 0 Å². The van der Waals surface area contributed by atoms with E-state index in [1.54, 1.807) is 24.0 Å². The van der Waals surface area contributed by atoms with E-state index in [-0.39, 0.29) is 35.4 Å². The van der Waals surface area contributed by atoms with Crippen LogP contribution < -0.4 is 26.0 Å². The molecule has 55 heavy (non-hydrogen) atoms. The Morgan fingerprint density at radius 1 is 0.927 bits per heavy atom. The summed E-state index contributed by atoms with van der Waals surface area (Å²) in [6, 6.07) is 8.71. The van der Waals surface area contributed by atoms with Gasteiger partial charge < -0.3 is 30.3 Å². The fourth-order valence-corrected chi connectivity index (χ4v) is 7.04. The minimum Gasteiger partial charge on any atom is -0.490 e. The molecule has 1 saturated heterocycles.